The monoisotopic (exact) mass is 159 g/mol. The highest BCUT2D eigenvalue weighted by molar-refractivity contribution is 5.75. The van der Waals surface area contributed by atoms with E-state index < -0.39 is 6.10 Å². The van der Waals surface area contributed by atoms with Gasteiger partial charge in [-0.3, -0.25) is 9.69 Å². The minimum absolute atomic E-state index is 0.185. The molecule has 1 aliphatic rings. The summed E-state index contributed by atoms with van der Waals surface area (Å²) in [5.41, 5.74) is 10.5. The minimum atomic E-state index is -0.519. The van der Waals surface area contributed by atoms with Gasteiger partial charge in [0.05, 0.1) is 12.6 Å². The van der Waals surface area contributed by atoms with Gasteiger partial charge in [0.15, 0.2) is 0 Å². The van der Waals surface area contributed by atoms with Crippen LogP contribution >= 0.6 is 0 Å². The molecule has 11 heavy (non-hydrogen) atoms. The molecule has 0 aromatic rings. The highest BCUT2D eigenvalue weighted by Gasteiger charge is 2.28. The van der Waals surface area contributed by atoms with Gasteiger partial charge in [0.1, 0.15) is 0 Å². The number of nitrogens with two attached hydrogens (primary N) is 2. The first kappa shape index (κ1) is 8.45. The van der Waals surface area contributed by atoms with Gasteiger partial charge in [0, 0.05) is 19.1 Å². The molecule has 1 saturated heterocycles. The third-order valence-electron chi connectivity index (χ3n) is 1.79. The molecular formula is C6H13N3O2. The van der Waals surface area contributed by atoms with Crippen LogP contribution in [-0.4, -0.2) is 47.7 Å². The van der Waals surface area contributed by atoms with Crippen molar-refractivity contribution in [2.24, 2.45) is 11.5 Å². The van der Waals surface area contributed by atoms with Crippen LogP contribution in [0.15, 0.2) is 0 Å². The molecule has 1 rings (SSSR count). The quantitative estimate of drug-likeness (QED) is 0.414. The maximum absolute atomic E-state index is 10.4. The van der Waals surface area contributed by atoms with Gasteiger partial charge in [0.2, 0.25) is 5.91 Å². The van der Waals surface area contributed by atoms with E-state index in [-0.39, 0.29) is 18.5 Å². The first-order chi connectivity index (χ1) is 5.09. The predicted octanol–water partition coefficient (Wildman–Crippen LogP) is -2.52. The zero-order valence-electron chi connectivity index (χ0n) is 6.23. The average molecular weight is 159 g/mol. The fourth-order valence-electron chi connectivity index (χ4n) is 1.24. The van der Waals surface area contributed by atoms with Crippen molar-refractivity contribution >= 4 is 5.91 Å². The molecule has 0 spiro atoms. The molecule has 2 atom stereocenters. The lowest BCUT2D eigenvalue weighted by atomic mass is 10.2. The van der Waals surface area contributed by atoms with Gasteiger partial charge in [-0.05, 0) is 0 Å². The summed E-state index contributed by atoms with van der Waals surface area (Å²) in [7, 11) is 0. The maximum Gasteiger partial charge on any atom is 0.231 e. The third kappa shape index (κ3) is 2.14. The number of carbonyl (C=O) groups excluding carboxylic acids is 1. The first-order valence-electron chi connectivity index (χ1n) is 3.54. The molecule has 0 saturated carbocycles. The lowest BCUT2D eigenvalue weighted by Gasteiger charge is -2.10. The Kier molecular flexibility index (Phi) is 2.43. The summed E-state index contributed by atoms with van der Waals surface area (Å²) < 4.78 is 0. The lowest BCUT2D eigenvalue weighted by Crippen LogP contribution is -2.34. The average Bonchev–Trinajstić information content (AvgIpc) is 2.10. The molecule has 1 fully saturated rings. The largest absolute Gasteiger partial charge is 0.390 e. The Morgan fingerprint density at radius 3 is 2.64 bits per heavy atom. The molecule has 0 aromatic heterocycles. The van der Waals surface area contributed by atoms with Gasteiger partial charge in [-0.15, -0.1) is 0 Å². The van der Waals surface area contributed by atoms with Crippen molar-refractivity contribution in [1.29, 1.82) is 0 Å². The Morgan fingerprint density at radius 2 is 2.27 bits per heavy atom. The molecule has 0 aliphatic carbocycles. The number of likely N-dealkylation sites (tertiary alicyclic amines) is 1. The maximum atomic E-state index is 10.4. The molecule has 5 nitrogen and oxygen atoms in total. The van der Waals surface area contributed by atoms with Crippen molar-refractivity contribution in [3.8, 4) is 0 Å². The van der Waals surface area contributed by atoms with Crippen LogP contribution in [0.3, 0.4) is 0 Å². The van der Waals surface area contributed by atoms with Gasteiger partial charge in [-0.25, -0.2) is 0 Å². The molecule has 0 radical (unpaired) electrons. The number of β-amino-alcohol motifs (C(OH)–C–C–N with tert-alkyl or cyclic N) is 1. The Morgan fingerprint density at radius 1 is 1.64 bits per heavy atom. The molecule has 1 heterocycles. The van der Waals surface area contributed by atoms with Crippen LogP contribution in [0.5, 0.6) is 0 Å². The number of primary amides is 1. The van der Waals surface area contributed by atoms with E-state index in [2.05, 4.69) is 0 Å². The number of hydrogen-bond donors (Lipinski definition) is 3. The molecule has 0 aromatic carbocycles. The second-order valence-corrected chi connectivity index (χ2v) is 2.89. The van der Waals surface area contributed by atoms with Crippen molar-refractivity contribution in [1.82, 2.24) is 4.90 Å². The van der Waals surface area contributed by atoms with Crippen molar-refractivity contribution < 1.29 is 9.90 Å². The van der Waals surface area contributed by atoms with Crippen LogP contribution in [0.1, 0.15) is 0 Å². The standard InChI is InChI=1S/C6H13N3O2/c7-4-1-9(2-5(4)10)3-6(8)11/h4-5,10H,1-3,7H2,(H2,8,11). The molecule has 64 valence electrons. The molecular weight excluding hydrogens is 146 g/mol. The number of rotatable bonds is 2. The summed E-state index contributed by atoms with van der Waals surface area (Å²) in [6, 6.07) is -0.241. The Balaban J connectivity index is 2.35. The number of carbonyl (C=O) groups is 1. The number of aliphatic hydroxyl groups excluding tert-OH is 1. The number of hydrogen-bond acceptors (Lipinski definition) is 4. The molecule has 1 amide bonds. The first-order valence-corrected chi connectivity index (χ1v) is 3.54. The Bertz CT molecular complexity index is 152. The van der Waals surface area contributed by atoms with Crippen molar-refractivity contribution in [2.45, 2.75) is 12.1 Å². The highest BCUT2D eigenvalue weighted by atomic mass is 16.3. The van der Waals surface area contributed by atoms with E-state index in [9.17, 15) is 4.79 Å². The van der Waals surface area contributed by atoms with Crippen molar-refractivity contribution in [2.75, 3.05) is 19.6 Å². The van der Waals surface area contributed by atoms with Crippen molar-refractivity contribution in [3.05, 3.63) is 0 Å². The van der Waals surface area contributed by atoms with E-state index in [0.717, 1.165) is 0 Å². The van der Waals surface area contributed by atoms with Gasteiger partial charge in [0.25, 0.3) is 0 Å². The number of amides is 1. The summed E-state index contributed by atoms with van der Waals surface area (Å²) in [6.07, 6.45) is -0.519. The smallest absolute Gasteiger partial charge is 0.231 e. The number of aliphatic hydroxyl groups is 1. The fourth-order valence-corrected chi connectivity index (χ4v) is 1.24. The van der Waals surface area contributed by atoms with Gasteiger partial charge >= 0.3 is 0 Å². The summed E-state index contributed by atoms with van der Waals surface area (Å²) in [5, 5.41) is 9.16. The van der Waals surface area contributed by atoms with Crippen LogP contribution in [0.2, 0.25) is 0 Å². The van der Waals surface area contributed by atoms with Gasteiger partial charge in [-0.1, -0.05) is 0 Å². The van der Waals surface area contributed by atoms with Crippen LogP contribution in [-0.2, 0) is 4.79 Å². The molecule has 2 unspecified atom stereocenters. The van der Waals surface area contributed by atoms with Crippen LogP contribution in [0.4, 0.5) is 0 Å². The fraction of sp³-hybridized carbons (Fsp3) is 0.833. The summed E-state index contributed by atoms with van der Waals surface area (Å²) >= 11 is 0. The van der Waals surface area contributed by atoms with Crippen LogP contribution in [0.25, 0.3) is 0 Å². The van der Waals surface area contributed by atoms with E-state index in [1.165, 1.54) is 0 Å². The van der Waals surface area contributed by atoms with Gasteiger partial charge in [-0.2, -0.15) is 0 Å². The summed E-state index contributed by atoms with van der Waals surface area (Å²) in [6.45, 7) is 1.18. The second-order valence-electron chi connectivity index (χ2n) is 2.89. The van der Waals surface area contributed by atoms with E-state index >= 15 is 0 Å². The normalized spacial score (nSPS) is 32.5. The topological polar surface area (TPSA) is 92.6 Å². The summed E-state index contributed by atoms with van der Waals surface area (Å²) in [4.78, 5) is 12.2. The zero-order chi connectivity index (χ0) is 8.43. The van der Waals surface area contributed by atoms with Crippen molar-refractivity contribution in [3.63, 3.8) is 0 Å². The van der Waals surface area contributed by atoms with E-state index in [1.54, 1.807) is 4.90 Å². The van der Waals surface area contributed by atoms with E-state index in [1.807, 2.05) is 0 Å². The molecule has 5 heteroatoms. The lowest BCUT2D eigenvalue weighted by molar-refractivity contribution is -0.118. The SMILES string of the molecule is NC(=O)CN1CC(N)C(O)C1. The molecule has 5 N–H and O–H groups in total. The van der Waals surface area contributed by atoms with Crippen LogP contribution < -0.4 is 11.5 Å². The van der Waals surface area contributed by atoms with Crippen LogP contribution in [0, 0.1) is 0 Å². The van der Waals surface area contributed by atoms with Gasteiger partial charge < -0.3 is 16.6 Å². The summed E-state index contributed by atoms with van der Waals surface area (Å²) in [5.74, 6) is -0.383. The zero-order valence-corrected chi connectivity index (χ0v) is 6.23. The number of nitrogens with zero attached hydrogens (tertiary/aromatic N) is 1. The molecule has 0 bridgehead atoms. The Labute approximate surface area is 65.0 Å². The van der Waals surface area contributed by atoms with E-state index in [4.69, 9.17) is 16.6 Å². The van der Waals surface area contributed by atoms with E-state index in [0.29, 0.717) is 13.1 Å². The minimum Gasteiger partial charge on any atom is -0.390 e. The highest BCUT2D eigenvalue weighted by Crippen LogP contribution is 2.06. The predicted molar refractivity (Wildman–Crippen MR) is 39.6 cm³/mol. The third-order valence-corrected chi connectivity index (χ3v) is 1.79. The molecule has 1 aliphatic heterocycles. The Hall–Kier alpha value is -0.650. The second kappa shape index (κ2) is 3.17.